The van der Waals surface area contributed by atoms with Crippen molar-refractivity contribution in [3.8, 4) is 11.1 Å². The summed E-state index contributed by atoms with van der Waals surface area (Å²) >= 11 is 0. The largest absolute Gasteiger partial charge is 0.299 e. The third kappa shape index (κ3) is 5.44. The van der Waals surface area contributed by atoms with Gasteiger partial charge in [-0.05, 0) is 28.7 Å². The van der Waals surface area contributed by atoms with Crippen LogP contribution in [-0.4, -0.2) is 30.3 Å². The first-order chi connectivity index (χ1) is 13.8. The lowest BCUT2D eigenvalue weighted by Crippen LogP contribution is -2.30. The van der Waals surface area contributed by atoms with Crippen LogP contribution in [0.4, 0.5) is 0 Å². The number of ketones is 1. The van der Waals surface area contributed by atoms with Crippen LogP contribution in [-0.2, 0) is 0 Å². The standard InChI is InChI=1S/C26H25NO.ClH/c28-26(25-13-11-23(12-14-25)21-7-3-1-4-8-21)17-20-27-18-15-24(16-19-27)22-9-5-2-6-10-22;/h1-15H,16-20H2;1H. The van der Waals surface area contributed by atoms with Gasteiger partial charge in [-0.2, -0.15) is 0 Å². The van der Waals surface area contributed by atoms with E-state index in [2.05, 4.69) is 53.4 Å². The van der Waals surface area contributed by atoms with Gasteiger partial charge in [-0.3, -0.25) is 9.69 Å². The van der Waals surface area contributed by atoms with Crippen molar-refractivity contribution in [1.82, 2.24) is 4.90 Å². The summed E-state index contributed by atoms with van der Waals surface area (Å²) in [7, 11) is 0. The fraction of sp³-hybridized carbons (Fsp3) is 0.192. The van der Waals surface area contributed by atoms with Crippen molar-refractivity contribution in [2.75, 3.05) is 19.6 Å². The summed E-state index contributed by atoms with van der Waals surface area (Å²) in [6.07, 6.45) is 3.92. The molecule has 0 saturated heterocycles. The van der Waals surface area contributed by atoms with E-state index in [1.165, 1.54) is 16.7 Å². The van der Waals surface area contributed by atoms with Crippen molar-refractivity contribution in [2.45, 2.75) is 12.8 Å². The Balaban J connectivity index is 0.00000240. The van der Waals surface area contributed by atoms with Crippen molar-refractivity contribution in [3.05, 3.63) is 102 Å². The molecule has 4 rings (SSSR count). The van der Waals surface area contributed by atoms with Gasteiger partial charge in [0.1, 0.15) is 0 Å². The number of carbonyl (C=O) groups is 1. The summed E-state index contributed by atoms with van der Waals surface area (Å²) in [4.78, 5) is 14.9. The highest BCUT2D eigenvalue weighted by Gasteiger charge is 2.14. The summed E-state index contributed by atoms with van der Waals surface area (Å²) < 4.78 is 0. The van der Waals surface area contributed by atoms with Crippen LogP contribution >= 0.6 is 12.4 Å². The van der Waals surface area contributed by atoms with Crippen LogP contribution in [0.3, 0.4) is 0 Å². The summed E-state index contributed by atoms with van der Waals surface area (Å²) in [5.74, 6) is 0.220. The van der Waals surface area contributed by atoms with Crippen LogP contribution < -0.4 is 0 Å². The molecule has 0 amide bonds. The molecule has 0 aliphatic carbocycles. The van der Waals surface area contributed by atoms with Gasteiger partial charge in [0.25, 0.3) is 0 Å². The van der Waals surface area contributed by atoms with Crippen LogP contribution in [0.2, 0.25) is 0 Å². The highest BCUT2D eigenvalue weighted by Crippen LogP contribution is 2.23. The van der Waals surface area contributed by atoms with E-state index >= 15 is 0 Å². The van der Waals surface area contributed by atoms with E-state index in [1.807, 2.05) is 42.5 Å². The molecule has 0 saturated carbocycles. The molecule has 1 aliphatic heterocycles. The number of hydrogen-bond donors (Lipinski definition) is 0. The lowest BCUT2D eigenvalue weighted by Gasteiger charge is -2.26. The highest BCUT2D eigenvalue weighted by molar-refractivity contribution is 5.96. The molecule has 0 spiro atoms. The first kappa shape index (κ1) is 21.0. The number of benzene rings is 3. The minimum Gasteiger partial charge on any atom is -0.299 e. The highest BCUT2D eigenvalue weighted by atomic mass is 35.5. The smallest absolute Gasteiger partial charge is 0.164 e. The Labute approximate surface area is 179 Å². The number of rotatable bonds is 6. The zero-order valence-corrected chi connectivity index (χ0v) is 17.3. The van der Waals surface area contributed by atoms with Crippen molar-refractivity contribution in [2.24, 2.45) is 0 Å². The first-order valence-electron chi connectivity index (χ1n) is 9.95. The molecule has 3 aromatic carbocycles. The normalized spacial score (nSPS) is 14.0. The first-order valence-corrected chi connectivity index (χ1v) is 9.95. The number of carbonyl (C=O) groups excluding carboxylic acids is 1. The maximum atomic E-state index is 12.6. The monoisotopic (exact) mass is 403 g/mol. The van der Waals surface area contributed by atoms with E-state index in [0.717, 1.165) is 37.2 Å². The third-order valence-corrected chi connectivity index (χ3v) is 5.41. The topological polar surface area (TPSA) is 20.3 Å². The Kier molecular flexibility index (Phi) is 7.40. The van der Waals surface area contributed by atoms with Gasteiger partial charge in [-0.25, -0.2) is 0 Å². The average Bonchev–Trinajstić information content (AvgIpc) is 2.79. The Morgan fingerprint density at radius 2 is 1.34 bits per heavy atom. The molecule has 3 heteroatoms. The van der Waals surface area contributed by atoms with E-state index in [0.29, 0.717) is 6.42 Å². The Morgan fingerprint density at radius 1 is 0.759 bits per heavy atom. The van der Waals surface area contributed by atoms with Gasteiger partial charge in [0.2, 0.25) is 0 Å². The van der Waals surface area contributed by atoms with Gasteiger partial charge in [0.05, 0.1) is 0 Å². The lowest BCUT2D eigenvalue weighted by molar-refractivity contribution is 0.0966. The minimum atomic E-state index is 0. The predicted octanol–water partition coefficient (Wildman–Crippen LogP) is 6.14. The second-order valence-electron chi connectivity index (χ2n) is 7.26. The number of hydrogen-bond acceptors (Lipinski definition) is 2. The summed E-state index contributed by atoms with van der Waals surface area (Å²) in [6.45, 7) is 2.75. The second-order valence-corrected chi connectivity index (χ2v) is 7.26. The fourth-order valence-electron chi connectivity index (χ4n) is 3.71. The summed E-state index contributed by atoms with van der Waals surface area (Å²) in [6, 6.07) is 28.8. The van der Waals surface area contributed by atoms with Crippen LogP contribution in [0.1, 0.15) is 28.8 Å². The quantitative estimate of drug-likeness (QED) is 0.461. The SMILES string of the molecule is Cl.O=C(CCN1CC=C(c2ccccc2)CC1)c1ccc(-c2ccccc2)cc1. The second kappa shape index (κ2) is 10.2. The average molecular weight is 404 g/mol. The van der Waals surface area contributed by atoms with Crippen LogP contribution in [0.25, 0.3) is 16.7 Å². The van der Waals surface area contributed by atoms with Crippen molar-refractivity contribution >= 4 is 23.8 Å². The van der Waals surface area contributed by atoms with Gasteiger partial charge in [-0.1, -0.05) is 91.0 Å². The molecule has 1 aliphatic rings. The number of halogens is 1. The van der Waals surface area contributed by atoms with E-state index in [9.17, 15) is 4.79 Å². The molecule has 148 valence electrons. The van der Waals surface area contributed by atoms with E-state index in [-0.39, 0.29) is 18.2 Å². The molecular weight excluding hydrogens is 378 g/mol. The Hall–Kier alpha value is -2.68. The van der Waals surface area contributed by atoms with Gasteiger partial charge < -0.3 is 0 Å². The maximum Gasteiger partial charge on any atom is 0.164 e. The molecule has 29 heavy (non-hydrogen) atoms. The Morgan fingerprint density at radius 3 is 1.93 bits per heavy atom. The molecular formula is C26H26ClNO. The maximum absolute atomic E-state index is 12.6. The molecule has 1 heterocycles. The van der Waals surface area contributed by atoms with Gasteiger partial charge in [0.15, 0.2) is 5.78 Å². The van der Waals surface area contributed by atoms with Crippen molar-refractivity contribution in [1.29, 1.82) is 0 Å². The van der Waals surface area contributed by atoms with E-state index in [4.69, 9.17) is 0 Å². The molecule has 0 bridgehead atoms. The zero-order valence-electron chi connectivity index (χ0n) is 16.5. The van der Waals surface area contributed by atoms with Gasteiger partial charge >= 0.3 is 0 Å². The summed E-state index contributed by atoms with van der Waals surface area (Å²) in [5, 5.41) is 0. The summed E-state index contributed by atoms with van der Waals surface area (Å²) in [5.41, 5.74) is 5.86. The van der Waals surface area contributed by atoms with Crippen molar-refractivity contribution < 1.29 is 4.79 Å². The van der Waals surface area contributed by atoms with Crippen LogP contribution in [0, 0.1) is 0 Å². The lowest BCUT2D eigenvalue weighted by atomic mass is 9.99. The van der Waals surface area contributed by atoms with Gasteiger partial charge in [0, 0.05) is 31.6 Å². The fourth-order valence-corrected chi connectivity index (χ4v) is 3.71. The van der Waals surface area contributed by atoms with Crippen molar-refractivity contribution in [3.63, 3.8) is 0 Å². The number of Topliss-reactive ketones (excluding diaryl/α,β-unsaturated/α-hetero) is 1. The zero-order chi connectivity index (χ0) is 19.2. The van der Waals surface area contributed by atoms with Crippen LogP contribution in [0.15, 0.2) is 91.0 Å². The molecule has 0 radical (unpaired) electrons. The van der Waals surface area contributed by atoms with Gasteiger partial charge in [-0.15, -0.1) is 12.4 Å². The van der Waals surface area contributed by atoms with Crippen LogP contribution in [0.5, 0.6) is 0 Å². The molecule has 2 nitrogen and oxygen atoms in total. The molecule has 0 aromatic heterocycles. The molecule has 0 unspecified atom stereocenters. The predicted molar refractivity (Wildman–Crippen MR) is 124 cm³/mol. The molecule has 0 atom stereocenters. The van der Waals surface area contributed by atoms with E-state index < -0.39 is 0 Å². The van der Waals surface area contributed by atoms with E-state index in [1.54, 1.807) is 0 Å². The third-order valence-electron chi connectivity index (χ3n) is 5.41. The minimum absolute atomic E-state index is 0. The number of nitrogens with zero attached hydrogens (tertiary/aromatic N) is 1. The Bertz CT molecular complexity index is 949. The molecule has 0 fully saturated rings. The molecule has 0 N–H and O–H groups in total. The molecule has 3 aromatic rings.